The number of amides is 1. The predicted molar refractivity (Wildman–Crippen MR) is 31.9 cm³/mol. The third-order valence-electron chi connectivity index (χ3n) is 0.618. The molecule has 0 bridgehead atoms. The fraction of sp³-hybridized carbons (Fsp3) is 0.250. The van der Waals surface area contributed by atoms with Crippen molar-refractivity contribution in [2.75, 3.05) is 6.54 Å². The van der Waals surface area contributed by atoms with Crippen LogP contribution in [0.4, 0.5) is 0 Å². The highest BCUT2D eigenvalue weighted by Crippen LogP contribution is 1.84. The normalized spacial score (nSPS) is 12.1. The molecule has 9 heavy (non-hydrogen) atoms. The van der Waals surface area contributed by atoms with E-state index in [-0.39, 0.29) is 13.0 Å². The van der Waals surface area contributed by atoms with Crippen LogP contribution in [0.3, 0.4) is 0 Å². The minimum atomic E-state index is -2.46. The standard InChI is InChI=1S/C4H7NO3S/c1-2-3-5(4-6)9(7)8/h2,4H,1,3H2,(H,7,8)/p-1. The molecule has 0 spiro atoms. The maximum Gasteiger partial charge on any atom is 0.220 e. The lowest BCUT2D eigenvalue weighted by atomic mass is 10.6. The van der Waals surface area contributed by atoms with Crippen molar-refractivity contribution in [1.82, 2.24) is 4.31 Å². The highest BCUT2D eigenvalue weighted by atomic mass is 32.2. The SMILES string of the molecule is C=CCN(C=O)S(=O)[O-]. The molecule has 52 valence electrons. The Bertz CT molecular complexity index is 136. The molecule has 0 aromatic rings. The molecule has 4 nitrogen and oxygen atoms in total. The van der Waals surface area contributed by atoms with Crippen molar-refractivity contribution < 1.29 is 13.6 Å². The van der Waals surface area contributed by atoms with Gasteiger partial charge in [0.05, 0.1) is 6.54 Å². The first-order chi connectivity index (χ1) is 4.22. The first kappa shape index (κ1) is 8.32. The number of carbonyl (C=O) groups excluding carboxylic acids is 1. The van der Waals surface area contributed by atoms with Gasteiger partial charge in [0, 0.05) is 11.3 Å². The van der Waals surface area contributed by atoms with E-state index < -0.39 is 11.3 Å². The van der Waals surface area contributed by atoms with E-state index in [1.165, 1.54) is 6.08 Å². The molecule has 0 radical (unpaired) electrons. The maximum atomic E-state index is 9.97. The summed E-state index contributed by atoms with van der Waals surface area (Å²) in [7, 11) is 0. The van der Waals surface area contributed by atoms with E-state index in [4.69, 9.17) is 0 Å². The quantitative estimate of drug-likeness (QED) is 0.304. The minimum Gasteiger partial charge on any atom is -0.755 e. The van der Waals surface area contributed by atoms with Crippen molar-refractivity contribution in [3.8, 4) is 0 Å². The zero-order valence-corrected chi connectivity index (χ0v) is 5.47. The highest BCUT2D eigenvalue weighted by molar-refractivity contribution is 7.77. The molecule has 0 aliphatic heterocycles. The first-order valence-electron chi connectivity index (χ1n) is 2.14. The van der Waals surface area contributed by atoms with E-state index in [0.717, 1.165) is 0 Å². The second-order valence-corrected chi connectivity index (χ2v) is 2.11. The van der Waals surface area contributed by atoms with E-state index in [0.29, 0.717) is 4.31 Å². The van der Waals surface area contributed by atoms with Crippen LogP contribution >= 0.6 is 0 Å². The molecule has 1 atom stereocenters. The molecule has 0 fully saturated rings. The molecule has 0 heterocycles. The van der Waals surface area contributed by atoms with Crippen LogP contribution in [0.15, 0.2) is 12.7 Å². The smallest absolute Gasteiger partial charge is 0.220 e. The van der Waals surface area contributed by atoms with Crippen molar-refractivity contribution in [1.29, 1.82) is 0 Å². The van der Waals surface area contributed by atoms with Gasteiger partial charge in [0.25, 0.3) is 0 Å². The predicted octanol–water partition coefficient (Wildman–Crippen LogP) is -0.575. The van der Waals surface area contributed by atoms with Gasteiger partial charge in [-0.25, -0.2) is 0 Å². The first-order valence-corrected chi connectivity index (χ1v) is 3.17. The molecule has 0 aliphatic carbocycles. The molecule has 0 N–H and O–H groups in total. The van der Waals surface area contributed by atoms with Crippen LogP contribution in [0.5, 0.6) is 0 Å². The summed E-state index contributed by atoms with van der Waals surface area (Å²) in [6.07, 6.45) is 1.55. The summed E-state index contributed by atoms with van der Waals surface area (Å²) in [6, 6.07) is 0. The monoisotopic (exact) mass is 148 g/mol. The van der Waals surface area contributed by atoms with E-state index in [1.807, 2.05) is 0 Å². The Morgan fingerprint density at radius 2 is 2.33 bits per heavy atom. The third-order valence-corrected chi connectivity index (χ3v) is 1.24. The van der Waals surface area contributed by atoms with Gasteiger partial charge >= 0.3 is 0 Å². The minimum absolute atomic E-state index is 0.0274. The summed E-state index contributed by atoms with van der Waals surface area (Å²) >= 11 is -2.46. The lowest BCUT2D eigenvalue weighted by molar-refractivity contribution is -0.113. The topological polar surface area (TPSA) is 60.4 Å². The van der Waals surface area contributed by atoms with Gasteiger partial charge in [-0.15, -0.1) is 6.58 Å². The van der Waals surface area contributed by atoms with Crippen LogP contribution in [0.25, 0.3) is 0 Å². The molecule has 0 aromatic heterocycles. The summed E-state index contributed by atoms with van der Waals surface area (Å²) < 4.78 is 20.5. The number of rotatable bonds is 4. The highest BCUT2D eigenvalue weighted by Gasteiger charge is 1.94. The second kappa shape index (κ2) is 4.22. The number of hydrogen-bond donors (Lipinski definition) is 0. The Balaban J connectivity index is 3.81. The van der Waals surface area contributed by atoms with Gasteiger partial charge in [0.2, 0.25) is 6.41 Å². The summed E-state index contributed by atoms with van der Waals surface area (Å²) in [5.41, 5.74) is 0. The number of nitrogens with zero attached hydrogens (tertiary/aromatic N) is 1. The van der Waals surface area contributed by atoms with Crippen molar-refractivity contribution in [2.45, 2.75) is 0 Å². The van der Waals surface area contributed by atoms with Gasteiger partial charge in [0.1, 0.15) is 0 Å². The van der Waals surface area contributed by atoms with Crippen LogP contribution in [0.1, 0.15) is 0 Å². The summed E-state index contributed by atoms with van der Waals surface area (Å²) in [5, 5.41) is 0. The molecular weight excluding hydrogens is 142 g/mol. The number of hydrogen-bond acceptors (Lipinski definition) is 3. The fourth-order valence-electron chi connectivity index (χ4n) is 0.266. The molecular formula is C4H6NO3S-. The van der Waals surface area contributed by atoms with Gasteiger partial charge in [0.15, 0.2) is 0 Å². The average Bonchev–Trinajstić information content (AvgIpc) is 1.82. The van der Waals surface area contributed by atoms with Gasteiger partial charge in [-0.1, -0.05) is 6.08 Å². The zero-order valence-electron chi connectivity index (χ0n) is 4.65. The van der Waals surface area contributed by atoms with Gasteiger partial charge in [-0.2, -0.15) is 0 Å². The fourth-order valence-corrected chi connectivity index (χ4v) is 0.564. The van der Waals surface area contributed by atoms with Crippen LogP contribution in [0.2, 0.25) is 0 Å². The largest absolute Gasteiger partial charge is 0.755 e. The van der Waals surface area contributed by atoms with E-state index in [9.17, 15) is 13.6 Å². The molecule has 0 aliphatic rings. The van der Waals surface area contributed by atoms with Crippen LogP contribution in [-0.4, -0.2) is 26.0 Å². The lowest BCUT2D eigenvalue weighted by Crippen LogP contribution is -2.23. The van der Waals surface area contributed by atoms with Gasteiger partial charge < -0.3 is 4.55 Å². The van der Waals surface area contributed by atoms with Crippen LogP contribution in [-0.2, 0) is 16.1 Å². The van der Waals surface area contributed by atoms with Gasteiger partial charge in [-0.05, 0) is 0 Å². The van der Waals surface area contributed by atoms with Crippen molar-refractivity contribution in [3.05, 3.63) is 12.7 Å². The van der Waals surface area contributed by atoms with Crippen LogP contribution in [0, 0.1) is 0 Å². The molecule has 5 heteroatoms. The van der Waals surface area contributed by atoms with E-state index in [1.54, 1.807) is 0 Å². The Morgan fingerprint density at radius 1 is 1.78 bits per heavy atom. The third kappa shape index (κ3) is 2.99. The summed E-state index contributed by atoms with van der Waals surface area (Å²) in [4.78, 5) is 9.82. The van der Waals surface area contributed by atoms with E-state index >= 15 is 0 Å². The summed E-state index contributed by atoms with van der Waals surface area (Å²) in [5.74, 6) is 0. The van der Waals surface area contributed by atoms with Gasteiger partial charge in [-0.3, -0.25) is 13.3 Å². The van der Waals surface area contributed by atoms with E-state index in [2.05, 4.69) is 6.58 Å². The molecule has 0 aromatic carbocycles. The molecule has 0 saturated carbocycles. The Morgan fingerprint density at radius 3 is 2.44 bits per heavy atom. The molecule has 1 amide bonds. The Kier molecular flexibility index (Phi) is 3.90. The molecule has 0 saturated heterocycles. The van der Waals surface area contributed by atoms with Crippen molar-refractivity contribution in [3.63, 3.8) is 0 Å². The average molecular weight is 148 g/mol. The second-order valence-electron chi connectivity index (χ2n) is 1.21. The van der Waals surface area contributed by atoms with Crippen LogP contribution < -0.4 is 0 Å². The van der Waals surface area contributed by atoms with Crippen molar-refractivity contribution in [2.24, 2.45) is 0 Å². The zero-order chi connectivity index (χ0) is 7.28. The molecule has 0 rings (SSSR count). The Hall–Kier alpha value is -0.680. The lowest BCUT2D eigenvalue weighted by Gasteiger charge is -2.16. The molecule has 1 unspecified atom stereocenters. The maximum absolute atomic E-state index is 9.97. The summed E-state index contributed by atoms with van der Waals surface area (Å²) in [6.45, 7) is 3.28. The Labute approximate surface area is 55.6 Å². The number of carbonyl (C=O) groups is 1. The van der Waals surface area contributed by atoms with Crippen molar-refractivity contribution >= 4 is 17.7 Å².